The third-order valence-corrected chi connectivity index (χ3v) is 3.16. The van der Waals surface area contributed by atoms with E-state index in [1.165, 1.54) is 19.1 Å². The van der Waals surface area contributed by atoms with Gasteiger partial charge in [-0.1, -0.05) is 0 Å². The van der Waals surface area contributed by atoms with Gasteiger partial charge in [-0.2, -0.15) is 0 Å². The maximum atomic E-state index is 12.3. The molecule has 1 unspecified atom stereocenters. The highest BCUT2D eigenvalue weighted by Gasteiger charge is 2.34. The fourth-order valence-corrected chi connectivity index (χ4v) is 1.96. The zero-order chi connectivity index (χ0) is 15.7. The van der Waals surface area contributed by atoms with E-state index in [9.17, 15) is 24.5 Å². The van der Waals surface area contributed by atoms with E-state index in [1.807, 2.05) is 0 Å². The number of nitro groups is 1. The molecule has 0 aromatic heterocycles. The average molecular weight is 292 g/mol. The van der Waals surface area contributed by atoms with Crippen LogP contribution in [0.15, 0.2) is 18.2 Å². The van der Waals surface area contributed by atoms with Crippen LogP contribution in [0.4, 0.5) is 11.4 Å². The number of benzene rings is 1. The highest BCUT2D eigenvalue weighted by Crippen LogP contribution is 2.23. The number of nitrogen functional groups attached to an aromatic ring is 1. The summed E-state index contributed by atoms with van der Waals surface area (Å²) in [6.07, 6.45) is 0. The lowest BCUT2D eigenvalue weighted by Gasteiger charge is -2.31. The molecule has 1 aromatic carbocycles. The highest BCUT2D eigenvalue weighted by atomic mass is 16.6. The number of nitrogens with zero attached hydrogens (tertiary/aromatic N) is 2. The number of piperazine rings is 1. The minimum atomic E-state index is -0.841. The molecule has 3 N–H and O–H groups in total. The first kappa shape index (κ1) is 14.4. The number of nitrogens with one attached hydrogen (secondary N) is 1. The molecule has 1 saturated heterocycles. The molecule has 0 spiro atoms. The van der Waals surface area contributed by atoms with E-state index in [4.69, 9.17) is 5.73 Å². The summed E-state index contributed by atoms with van der Waals surface area (Å²) in [6.45, 7) is 1.18. The topological polar surface area (TPSA) is 136 Å². The number of hydrogen-bond acceptors (Lipinski definition) is 6. The maximum absolute atomic E-state index is 12.3. The molecule has 1 aliphatic heterocycles. The Morgan fingerprint density at radius 2 is 2.14 bits per heavy atom. The molecule has 0 saturated carbocycles. The van der Waals surface area contributed by atoms with Crippen LogP contribution in [0.25, 0.3) is 0 Å². The second-order valence-electron chi connectivity index (χ2n) is 4.55. The van der Waals surface area contributed by atoms with Gasteiger partial charge in [-0.05, 0) is 19.1 Å². The van der Waals surface area contributed by atoms with Gasteiger partial charge in [0.25, 0.3) is 11.6 Å². The largest absolute Gasteiger partial charge is 0.393 e. The molecule has 3 amide bonds. The van der Waals surface area contributed by atoms with E-state index in [0.29, 0.717) is 0 Å². The van der Waals surface area contributed by atoms with Crippen molar-refractivity contribution >= 4 is 29.1 Å². The predicted octanol–water partition coefficient (Wildman–Crippen LogP) is -0.336. The maximum Gasteiger partial charge on any atom is 0.292 e. The molecule has 1 fully saturated rings. The van der Waals surface area contributed by atoms with Gasteiger partial charge in [0, 0.05) is 11.6 Å². The van der Waals surface area contributed by atoms with E-state index in [2.05, 4.69) is 5.32 Å². The van der Waals surface area contributed by atoms with Gasteiger partial charge in [-0.15, -0.1) is 0 Å². The van der Waals surface area contributed by atoms with Crippen molar-refractivity contribution in [3.05, 3.63) is 33.9 Å². The number of imide groups is 1. The quantitative estimate of drug-likeness (QED) is 0.331. The Morgan fingerprint density at radius 3 is 2.76 bits per heavy atom. The third kappa shape index (κ3) is 2.66. The van der Waals surface area contributed by atoms with Crippen molar-refractivity contribution in [1.29, 1.82) is 0 Å². The summed E-state index contributed by atoms with van der Waals surface area (Å²) >= 11 is 0. The fraction of sp³-hybridized carbons (Fsp3) is 0.250. The molecule has 0 aliphatic carbocycles. The molecular weight excluding hydrogens is 280 g/mol. The molecule has 110 valence electrons. The highest BCUT2D eigenvalue weighted by molar-refractivity contribution is 6.07. The number of amides is 3. The van der Waals surface area contributed by atoms with Gasteiger partial charge in [0.05, 0.1) is 4.92 Å². The summed E-state index contributed by atoms with van der Waals surface area (Å²) in [5, 5.41) is 12.9. The molecular formula is C12H12N4O5. The SMILES string of the molecule is CC1C(=O)NC(=O)CN1C(=O)c1ccc(N)c([N+](=O)[O-])c1. The van der Waals surface area contributed by atoms with E-state index in [1.54, 1.807) is 0 Å². The zero-order valence-corrected chi connectivity index (χ0v) is 11.0. The van der Waals surface area contributed by atoms with Crippen LogP contribution in [-0.4, -0.2) is 40.1 Å². The molecule has 2 rings (SSSR count). The van der Waals surface area contributed by atoms with Gasteiger partial charge in [0.15, 0.2) is 0 Å². The van der Waals surface area contributed by atoms with Crippen LogP contribution >= 0.6 is 0 Å². The van der Waals surface area contributed by atoms with Crippen molar-refractivity contribution in [2.24, 2.45) is 0 Å². The normalized spacial score (nSPS) is 18.3. The fourth-order valence-electron chi connectivity index (χ4n) is 1.96. The first-order chi connectivity index (χ1) is 9.81. The molecule has 9 heteroatoms. The third-order valence-electron chi connectivity index (χ3n) is 3.16. The van der Waals surface area contributed by atoms with Crippen molar-refractivity contribution in [1.82, 2.24) is 10.2 Å². The lowest BCUT2D eigenvalue weighted by molar-refractivity contribution is -0.383. The Hall–Kier alpha value is -2.97. The standard InChI is InChI=1S/C12H12N4O5/c1-6-11(18)14-10(17)5-15(6)12(19)7-2-3-8(13)9(4-7)16(20)21/h2-4,6H,5,13H2,1H3,(H,14,17,18). The summed E-state index contributed by atoms with van der Waals surface area (Å²) in [4.78, 5) is 46.4. The first-order valence-electron chi connectivity index (χ1n) is 6.00. The van der Waals surface area contributed by atoms with Gasteiger partial charge in [-0.25, -0.2) is 0 Å². The number of rotatable bonds is 2. The number of carbonyl (C=O) groups excluding carboxylic acids is 3. The van der Waals surface area contributed by atoms with Crippen LogP contribution in [-0.2, 0) is 9.59 Å². The van der Waals surface area contributed by atoms with Crippen molar-refractivity contribution in [3.63, 3.8) is 0 Å². The molecule has 0 bridgehead atoms. The first-order valence-corrected chi connectivity index (χ1v) is 6.00. The Balaban J connectivity index is 2.35. The van der Waals surface area contributed by atoms with Crippen molar-refractivity contribution in [3.8, 4) is 0 Å². The Labute approximate surface area is 118 Å². The predicted molar refractivity (Wildman–Crippen MR) is 71.2 cm³/mol. The number of anilines is 1. The Morgan fingerprint density at radius 1 is 1.48 bits per heavy atom. The van der Waals surface area contributed by atoms with Crippen LogP contribution in [0.3, 0.4) is 0 Å². The number of hydrogen-bond donors (Lipinski definition) is 2. The summed E-state index contributed by atoms with van der Waals surface area (Å²) in [6, 6.07) is 2.74. The molecule has 1 aromatic rings. The van der Waals surface area contributed by atoms with Crippen molar-refractivity contribution in [2.45, 2.75) is 13.0 Å². The molecule has 21 heavy (non-hydrogen) atoms. The number of nitrogens with two attached hydrogens (primary N) is 1. The van der Waals surface area contributed by atoms with E-state index < -0.39 is 34.4 Å². The summed E-state index contributed by atoms with van der Waals surface area (Å²) < 4.78 is 0. The van der Waals surface area contributed by atoms with Gasteiger partial charge >= 0.3 is 0 Å². The molecule has 1 aliphatic rings. The van der Waals surface area contributed by atoms with Crippen LogP contribution < -0.4 is 11.1 Å². The minimum absolute atomic E-state index is 0.00903. The van der Waals surface area contributed by atoms with Crippen molar-refractivity contribution in [2.75, 3.05) is 12.3 Å². The Bertz CT molecular complexity index is 657. The van der Waals surface area contributed by atoms with Gasteiger partial charge in [-0.3, -0.25) is 29.8 Å². The van der Waals surface area contributed by atoms with Crippen LogP contribution in [0.1, 0.15) is 17.3 Å². The summed E-state index contributed by atoms with van der Waals surface area (Å²) in [5.41, 5.74) is 4.97. The Kier molecular flexibility index (Phi) is 3.57. The smallest absolute Gasteiger partial charge is 0.292 e. The second kappa shape index (κ2) is 5.19. The van der Waals surface area contributed by atoms with E-state index in [-0.39, 0.29) is 17.8 Å². The van der Waals surface area contributed by atoms with Gasteiger partial charge in [0.2, 0.25) is 11.8 Å². The van der Waals surface area contributed by atoms with Crippen LogP contribution in [0.5, 0.6) is 0 Å². The minimum Gasteiger partial charge on any atom is -0.393 e. The molecule has 9 nitrogen and oxygen atoms in total. The number of nitro benzene ring substituents is 1. The van der Waals surface area contributed by atoms with Crippen LogP contribution in [0, 0.1) is 10.1 Å². The lowest BCUT2D eigenvalue weighted by Crippen LogP contribution is -2.58. The summed E-state index contributed by atoms with van der Waals surface area (Å²) in [5.74, 6) is -1.84. The average Bonchev–Trinajstić information content (AvgIpc) is 2.42. The van der Waals surface area contributed by atoms with Crippen molar-refractivity contribution < 1.29 is 19.3 Å². The van der Waals surface area contributed by atoms with E-state index in [0.717, 1.165) is 11.0 Å². The molecule has 1 atom stereocenters. The van der Waals surface area contributed by atoms with Crippen LogP contribution in [0.2, 0.25) is 0 Å². The van der Waals surface area contributed by atoms with Gasteiger partial charge in [0.1, 0.15) is 18.3 Å². The van der Waals surface area contributed by atoms with Gasteiger partial charge < -0.3 is 10.6 Å². The summed E-state index contributed by atoms with van der Waals surface area (Å²) in [7, 11) is 0. The lowest BCUT2D eigenvalue weighted by atomic mass is 10.1. The van der Waals surface area contributed by atoms with E-state index >= 15 is 0 Å². The molecule has 1 heterocycles. The monoisotopic (exact) mass is 292 g/mol. The second-order valence-corrected chi connectivity index (χ2v) is 4.55. The molecule has 0 radical (unpaired) electrons. The zero-order valence-electron chi connectivity index (χ0n) is 11.0. The number of carbonyl (C=O) groups is 3.